The standard InChI is InChI=1S/C14H26N4O3/c1-2-8-16-13(21)14(6-4-3-5-7-14)18-12(20)10-17-11(19)9-15/h2-10,15H2,1H3,(H,16,21)(H,17,19)(H,18,20). The van der Waals surface area contributed by atoms with Gasteiger partial charge < -0.3 is 21.7 Å². The topological polar surface area (TPSA) is 113 Å². The van der Waals surface area contributed by atoms with Crippen LogP contribution in [0, 0.1) is 0 Å². The van der Waals surface area contributed by atoms with Gasteiger partial charge in [0.2, 0.25) is 17.7 Å². The highest BCUT2D eigenvalue weighted by Crippen LogP contribution is 2.28. The first kappa shape index (κ1) is 17.4. The number of nitrogens with one attached hydrogen (secondary N) is 3. The van der Waals surface area contributed by atoms with E-state index < -0.39 is 11.4 Å². The molecule has 0 atom stereocenters. The minimum atomic E-state index is -0.835. The largest absolute Gasteiger partial charge is 0.354 e. The van der Waals surface area contributed by atoms with E-state index in [1.165, 1.54) is 0 Å². The van der Waals surface area contributed by atoms with Gasteiger partial charge in [-0.15, -0.1) is 0 Å². The summed E-state index contributed by atoms with van der Waals surface area (Å²) in [7, 11) is 0. The second-order valence-corrected chi connectivity index (χ2v) is 5.43. The summed E-state index contributed by atoms with van der Waals surface area (Å²) in [5, 5.41) is 8.09. The second kappa shape index (κ2) is 8.61. The third-order valence-corrected chi connectivity index (χ3v) is 3.69. The van der Waals surface area contributed by atoms with Crippen LogP contribution in [0.4, 0.5) is 0 Å². The van der Waals surface area contributed by atoms with E-state index in [1.54, 1.807) is 0 Å². The molecule has 0 bridgehead atoms. The van der Waals surface area contributed by atoms with E-state index in [9.17, 15) is 14.4 Å². The van der Waals surface area contributed by atoms with Crippen LogP contribution in [-0.4, -0.2) is 42.9 Å². The molecule has 120 valence electrons. The number of rotatable bonds is 7. The molecule has 0 heterocycles. The minimum absolute atomic E-state index is 0.123. The van der Waals surface area contributed by atoms with Crippen molar-refractivity contribution in [3.63, 3.8) is 0 Å². The molecular formula is C14H26N4O3. The molecule has 0 spiro atoms. The fraction of sp³-hybridized carbons (Fsp3) is 0.786. The molecule has 0 aromatic heterocycles. The molecule has 0 aliphatic heterocycles. The number of hydrogen-bond acceptors (Lipinski definition) is 4. The van der Waals surface area contributed by atoms with E-state index in [0.29, 0.717) is 19.4 Å². The van der Waals surface area contributed by atoms with Gasteiger partial charge in [0.25, 0.3) is 0 Å². The maximum Gasteiger partial charge on any atom is 0.245 e. The molecule has 0 aromatic carbocycles. The summed E-state index contributed by atoms with van der Waals surface area (Å²) in [6, 6.07) is 0. The summed E-state index contributed by atoms with van der Waals surface area (Å²) in [4.78, 5) is 35.4. The highest BCUT2D eigenvalue weighted by molar-refractivity contribution is 5.93. The Morgan fingerprint density at radius 1 is 1.05 bits per heavy atom. The van der Waals surface area contributed by atoms with Crippen LogP contribution in [0.1, 0.15) is 45.4 Å². The smallest absolute Gasteiger partial charge is 0.245 e. The van der Waals surface area contributed by atoms with Crippen LogP contribution in [0.15, 0.2) is 0 Å². The fourth-order valence-corrected chi connectivity index (χ4v) is 2.53. The Balaban J connectivity index is 2.62. The molecule has 3 amide bonds. The van der Waals surface area contributed by atoms with Crippen LogP contribution in [0.5, 0.6) is 0 Å². The number of nitrogens with two attached hydrogens (primary N) is 1. The Labute approximate surface area is 125 Å². The van der Waals surface area contributed by atoms with Gasteiger partial charge in [0.1, 0.15) is 5.54 Å². The molecule has 1 fully saturated rings. The van der Waals surface area contributed by atoms with Gasteiger partial charge in [-0.05, 0) is 19.3 Å². The Kier molecular flexibility index (Phi) is 7.14. The predicted octanol–water partition coefficient (Wildman–Crippen LogP) is -0.593. The molecule has 0 saturated heterocycles. The van der Waals surface area contributed by atoms with Crippen LogP contribution >= 0.6 is 0 Å². The van der Waals surface area contributed by atoms with E-state index in [-0.39, 0.29) is 24.9 Å². The first-order chi connectivity index (χ1) is 10.0. The molecule has 5 N–H and O–H groups in total. The Bertz CT molecular complexity index is 378. The van der Waals surface area contributed by atoms with Crippen molar-refractivity contribution in [1.82, 2.24) is 16.0 Å². The zero-order valence-electron chi connectivity index (χ0n) is 12.7. The SMILES string of the molecule is CCCNC(=O)C1(NC(=O)CNC(=O)CN)CCCCC1. The lowest BCUT2D eigenvalue weighted by Crippen LogP contribution is -2.61. The average molecular weight is 298 g/mol. The van der Waals surface area contributed by atoms with Gasteiger partial charge in [0.05, 0.1) is 13.1 Å². The highest BCUT2D eigenvalue weighted by atomic mass is 16.2. The molecule has 0 radical (unpaired) electrons. The van der Waals surface area contributed by atoms with E-state index in [2.05, 4.69) is 16.0 Å². The van der Waals surface area contributed by atoms with Gasteiger partial charge in [-0.2, -0.15) is 0 Å². The van der Waals surface area contributed by atoms with Gasteiger partial charge in [-0.25, -0.2) is 0 Å². The molecule has 1 aliphatic carbocycles. The summed E-state index contributed by atoms with van der Waals surface area (Å²) >= 11 is 0. The summed E-state index contributed by atoms with van der Waals surface area (Å²) in [5.41, 5.74) is 4.33. The molecule has 7 heteroatoms. The fourth-order valence-electron chi connectivity index (χ4n) is 2.53. The van der Waals surface area contributed by atoms with Crippen molar-refractivity contribution in [2.24, 2.45) is 5.73 Å². The first-order valence-electron chi connectivity index (χ1n) is 7.60. The van der Waals surface area contributed by atoms with Gasteiger partial charge in [0, 0.05) is 6.54 Å². The lowest BCUT2D eigenvalue weighted by atomic mass is 9.80. The molecule has 21 heavy (non-hydrogen) atoms. The number of amides is 3. The lowest BCUT2D eigenvalue weighted by molar-refractivity contribution is -0.135. The molecule has 1 saturated carbocycles. The van der Waals surface area contributed by atoms with Crippen molar-refractivity contribution < 1.29 is 14.4 Å². The molecule has 7 nitrogen and oxygen atoms in total. The van der Waals surface area contributed by atoms with Crippen molar-refractivity contribution in [3.8, 4) is 0 Å². The van der Waals surface area contributed by atoms with Gasteiger partial charge >= 0.3 is 0 Å². The second-order valence-electron chi connectivity index (χ2n) is 5.43. The Morgan fingerprint density at radius 3 is 2.29 bits per heavy atom. The van der Waals surface area contributed by atoms with Crippen molar-refractivity contribution >= 4 is 17.7 Å². The maximum atomic E-state index is 12.4. The maximum absolute atomic E-state index is 12.4. The minimum Gasteiger partial charge on any atom is -0.354 e. The summed E-state index contributed by atoms with van der Waals surface area (Å²) in [6.45, 7) is 2.27. The van der Waals surface area contributed by atoms with Gasteiger partial charge in [0.15, 0.2) is 0 Å². The number of hydrogen-bond donors (Lipinski definition) is 4. The first-order valence-corrected chi connectivity index (χ1v) is 7.60. The summed E-state index contributed by atoms with van der Waals surface area (Å²) < 4.78 is 0. The molecule has 1 rings (SSSR count). The van der Waals surface area contributed by atoms with Crippen molar-refractivity contribution in [1.29, 1.82) is 0 Å². The molecule has 0 aromatic rings. The van der Waals surface area contributed by atoms with E-state index in [1.807, 2.05) is 6.92 Å². The Hall–Kier alpha value is -1.63. The predicted molar refractivity (Wildman–Crippen MR) is 79.3 cm³/mol. The van der Waals surface area contributed by atoms with Crippen molar-refractivity contribution in [2.75, 3.05) is 19.6 Å². The number of carbonyl (C=O) groups excluding carboxylic acids is 3. The van der Waals surface area contributed by atoms with E-state index in [4.69, 9.17) is 5.73 Å². The molecular weight excluding hydrogens is 272 g/mol. The molecule has 1 aliphatic rings. The average Bonchev–Trinajstić information content (AvgIpc) is 2.51. The van der Waals surface area contributed by atoms with E-state index >= 15 is 0 Å². The van der Waals surface area contributed by atoms with Crippen molar-refractivity contribution in [3.05, 3.63) is 0 Å². The lowest BCUT2D eigenvalue weighted by Gasteiger charge is -2.36. The monoisotopic (exact) mass is 298 g/mol. The van der Waals surface area contributed by atoms with E-state index in [0.717, 1.165) is 25.7 Å². The van der Waals surface area contributed by atoms with Gasteiger partial charge in [-0.1, -0.05) is 26.2 Å². The third-order valence-electron chi connectivity index (χ3n) is 3.69. The van der Waals surface area contributed by atoms with Crippen molar-refractivity contribution in [2.45, 2.75) is 51.0 Å². The van der Waals surface area contributed by atoms with Crippen LogP contribution in [0.25, 0.3) is 0 Å². The number of carbonyl (C=O) groups is 3. The zero-order valence-corrected chi connectivity index (χ0v) is 12.7. The highest BCUT2D eigenvalue weighted by Gasteiger charge is 2.40. The quantitative estimate of drug-likeness (QED) is 0.503. The van der Waals surface area contributed by atoms with Gasteiger partial charge in [-0.3, -0.25) is 14.4 Å². The van der Waals surface area contributed by atoms with Crippen LogP contribution < -0.4 is 21.7 Å². The third kappa shape index (κ3) is 5.34. The zero-order chi connectivity index (χ0) is 15.7. The normalized spacial score (nSPS) is 16.9. The van der Waals surface area contributed by atoms with Crippen LogP contribution in [-0.2, 0) is 14.4 Å². The Morgan fingerprint density at radius 2 is 1.71 bits per heavy atom. The van der Waals surface area contributed by atoms with Crippen LogP contribution in [0.2, 0.25) is 0 Å². The molecule has 0 unspecified atom stereocenters. The summed E-state index contributed by atoms with van der Waals surface area (Å²) in [6.07, 6.45) is 5.02. The summed E-state index contributed by atoms with van der Waals surface area (Å²) in [5.74, 6) is -0.869. The van der Waals surface area contributed by atoms with Crippen LogP contribution in [0.3, 0.4) is 0 Å².